The average Bonchev–Trinajstić information content (AvgIpc) is 3.48. The Morgan fingerprint density at radius 3 is 2.39 bits per heavy atom. The number of likely N-dealkylation sites (tertiary alicyclic amines) is 2. The molecule has 2 heterocycles. The van der Waals surface area contributed by atoms with Crippen molar-refractivity contribution < 1.29 is 19.1 Å². The minimum atomic E-state index is -0.342. The van der Waals surface area contributed by atoms with Crippen molar-refractivity contribution >= 4 is 23.4 Å². The summed E-state index contributed by atoms with van der Waals surface area (Å²) < 4.78 is 11.0. The van der Waals surface area contributed by atoms with Gasteiger partial charge in [0.1, 0.15) is 11.5 Å². The van der Waals surface area contributed by atoms with Crippen LogP contribution in [0.25, 0.3) is 0 Å². The van der Waals surface area contributed by atoms with Crippen LogP contribution in [0.3, 0.4) is 0 Å². The summed E-state index contributed by atoms with van der Waals surface area (Å²) in [5.41, 5.74) is 1.34. The monoisotopic (exact) mass is 442 g/mol. The van der Waals surface area contributed by atoms with Crippen LogP contribution >= 0.6 is 11.6 Å². The van der Waals surface area contributed by atoms with Crippen molar-refractivity contribution in [1.82, 2.24) is 9.80 Å². The van der Waals surface area contributed by atoms with Crippen LogP contribution in [-0.4, -0.2) is 62.0 Å². The lowest BCUT2D eigenvalue weighted by Crippen LogP contribution is -2.37. The van der Waals surface area contributed by atoms with E-state index in [1.54, 1.807) is 43.4 Å². The predicted octanol–water partition coefficient (Wildman–Crippen LogP) is 3.84. The number of nitrogens with zero attached hydrogens (tertiary/aromatic N) is 2. The summed E-state index contributed by atoms with van der Waals surface area (Å²) in [5.74, 6) is 0.794. The third kappa shape index (κ3) is 4.22. The molecular formula is C24H27ClN2O4. The third-order valence-electron chi connectivity index (χ3n) is 6.28. The van der Waals surface area contributed by atoms with E-state index in [4.69, 9.17) is 21.1 Å². The summed E-state index contributed by atoms with van der Waals surface area (Å²) in [5, 5.41) is 0.414. The van der Waals surface area contributed by atoms with Crippen LogP contribution in [0.15, 0.2) is 42.5 Å². The molecule has 6 nitrogen and oxygen atoms in total. The highest BCUT2D eigenvalue weighted by molar-refractivity contribution is 6.33. The highest BCUT2D eigenvalue weighted by Gasteiger charge is 2.44. The second kappa shape index (κ2) is 9.18. The lowest BCUT2D eigenvalue weighted by Gasteiger charge is -2.25. The van der Waals surface area contributed by atoms with Gasteiger partial charge in [-0.15, -0.1) is 0 Å². The van der Waals surface area contributed by atoms with Crippen LogP contribution < -0.4 is 9.47 Å². The van der Waals surface area contributed by atoms with Crippen molar-refractivity contribution in [2.45, 2.75) is 18.8 Å². The van der Waals surface area contributed by atoms with Gasteiger partial charge in [0.2, 0.25) is 5.91 Å². The number of amides is 2. The van der Waals surface area contributed by atoms with Crippen LogP contribution in [-0.2, 0) is 4.79 Å². The molecule has 4 rings (SSSR count). The van der Waals surface area contributed by atoms with E-state index in [1.165, 1.54) is 0 Å². The summed E-state index contributed by atoms with van der Waals surface area (Å²) in [4.78, 5) is 30.4. The molecule has 0 bridgehead atoms. The number of carbonyl (C=O) groups excluding carboxylic acids is 2. The molecule has 2 amide bonds. The second-order valence-corrected chi connectivity index (χ2v) is 8.45. The van der Waals surface area contributed by atoms with Crippen LogP contribution in [0.5, 0.6) is 11.5 Å². The molecule has 0 aromatic heterocycles. The third-order valence-corrected chi connectivity index (χ3v) is 6.61. The first kappa shape index (κ1) is 21.5. The van der Waals surface area contributed by atoms with Crippen molar-refractivity contribution in [2.24, 2.45) is 5.92 Å². The van der Waals surface area contributed by atoms with Crippen molar-refractivity contribution in [3.05, 3.63) is 58.6 Å². The number of methoxy groups -OCH3 is 2. The van der Waals surface area contributed by atoms with Crippen LogP contribution in [0, 0.1) is 5.92 Å². The molecule has 2 aliphatic heterocycles. The van der Waals surface area contributed by atoms with Gasteiger partial charge in [0, 0.05) is 37.7 Å². The fourth-order valence-corrected chi connectivity index (χ4v) is 4.86. The first-order valence-corrected chi connectivity index (χ1v) is 11.0. The van der Waals surface area contributed by atoms with E-state index in [0.717, 1.165) is 31.5 Å². The maximum Gasteiger partial charge on any atom is 0.255 e. The zero-order valence-corrected chi connectivity index (χ0v) is 18.6. The molecule has 31 heavy (non-hydrogen) atoms. The Balaban J connectivity index is 1.70. The summed E-state index contributed by atoms with van der Waals surface area (Å²) in [6.07, 6.45) is 2.04. The molecule has 2 aromatic rings. The Kier molecular flexibility index (Phi) is 6.37. The molecule has 2 aliphatic rings. The Labute approximate surface area is 187 Å². The van der Waals surface area contributed by atoms with Gasteiger partial charge >= 0.3 is 0 Å². The van der Waals surface area contributed by atoms with E-state index in [2.05, 4.69) is 0 Å². The molecule has 0 saturated carbocycles. The van der Waals surface area contributed by atoms with E-state index in [9.17, 15) is 9.59 Å². The molecule has 0 spiro atoms. The van der Waals surface area contributed by atoms with E-state index in [1.807, 2.05) is 23.1 Å². The van der Waals surface area contributed by atoms with E-state index >= 15 is 0 Å². The Hall–Kier alpha value is -2.73. The van der Waals surface area contributed by atoms with Gasteiger partial charge in [-0.25, -0.2) is 0 Å². The fraction of sp³-hybridized carbons (Fsp3) is 0.417. The van der Waals surface area contributed by atoms with Gasteiger partial charge < -0.3 is 19.3 Å². The van der Waals surface area contributed by atoms with E-state index in [0.29, 0.717) is 35.2 Å². The lowest BCUT2D eigenvalue weighted by molar-refractivity contribution is -0.134. The van der Waals surface area contributed by atoms with Gasteiger partial charge in [-0.05, 0) is 43.2 Å². The van der Waals surface area contributed by atoms with Gasteiger partial charge in [-0.3, -0.25) is 9.59 Å². The van der Waals surface area contributed by atoms with Gasteiger partial charge in [0.05, 0.1) is 30.7 Å². The topological polar surface area (TPSA) is 59.1 Å². The molecule has 0 N–H and O–H groups in total. The summed E-state index contributed by atoms with van der Waals surface area (Å²) in [6, 6.07) is 12.6. The molecule has 2 fully saturated rings. The first-order valence-electron chi connectivity index (χ1n) is 10.6. The number of ether oxygens (including phenoxy) is 2. The highest BCUT2D eigenvalue weighted by atomic mass is 35.5. The maximum absolute atomic E-state index is 13.4. The largest absolute Gasteiger partial charge is 0.497 e. The van der Waals surface area contributed by atoms with Crippen molar-refractivity contribution in [3.8, 4) is 11.5 Å². The molecule has 0 radical (unpaired) electrons. The molecule has 2 unspecified atom stereocenters. The predicted molar refractivity (Wildman–Crippen MR) is 119 cm³/mol. The number of hydrogen-bond donors (Lipinski definition) is 0. The fourth-order valence-electron chi connectivity index (χ4n) is 4.64. The molecule has 2 saturated heterocycles. The minimum Gasteiger partial charge on any atom is -0.497 e. The van der Waals surface area contributed by atoms with Crippen LogP contribution in [0.4, 0.5) is 0 Å². The first-order chi connectivity index (χ1) is 15.0. The molecular weight excluding hydrogens is 416 g/mol. The Morgan fingerprint density at radius 2 is 1.71 bits per heavy atom. The molecule has 0 aliphatic carbocycles. The van der Waals surface area contributed by atoms with Crippen molar-refractivity contribution in [1.29, 1.82) is 0 Å². The molecule has 2 atom stereocenters. The van der Waals surface area contributed by atoms with Crippen molar-refractivity contribution in [2.75, 3.05) is 40.4 Å². The second-order valence-electron chi connectivity index (χ2n) is 8.04. The SMILES string of the molecule is COc1ccc(OC)c(C2CN(C(=O)c3ccccc3Cl)CC2C(=O)N2CCCC2)c1. The van der Waals surface area contributed by atoms with E-state index in [-0.39, 0.29) is 23.7 Å². The zero-order valence-electron chi connectivity index (χ0n) is 17.8. The quantitative estimate of drug-likeness (QED) is 0.706. The summed E-state index contributed by atoms with van der Waals surface area (Å²) >= 11 is 6.28. The standard InChI is InChI=1S/C24H27ClN2O4/c1-30-16-9-10-22(31-2)18(13-16)19-14-27(23(28)17-7-3-4-8-21(17)25)15-20(19)24(29)26-11-5-6-12-26/h3-4,7-10,13,19-20H,5-6,11-12,14-15H2,1-2H3. The van der Waals surface area contributed by atoms with Crippen LogP contribution in [0.2, 0.25) is 5.02 Å². The number of hydrogen-bond acceptors (Lipinski definition) is 4. The van der Waals surface area contributed by atoms with Gasteiger partial charge in [0.25, 0.3) is 5.91 Å². The smallest absolute Gasteiger partial charge is 0.255 e. The zero-order chi connectivity index (χ0) is 22.0. The average molecular weight is 443 g/mol. The van der Waals surface area contributed by atoms with Gasteiger partial charge in [-0.2, -0.15) is 0 Å². The van der Waals surface area contributed by atoms with E-state index < -0.39 is 0 Å². The minimum absolute atomic E-state index is 0.0989. The molecule has 2 aromatic carbocycles. The Bertz CT molecular complexity index is 974. The Morgan fingerprint density at radius 1 is 0.968 bits per heavy atom. The lowest BCUT2D eigenvalue weighted by atomic mass is 9.87. The molecule has 164 valence electrons. The number of rotatable bonds is 5. The maximum atomic E-state index is 13.4. The molecule has 7 heteroatoms. The summed E-state index contributed by atoms with van der Waals surface area (Å²) in [7, 11) is 3.23. The number of carbonyl (C=O) groups is 2. The van der Waals surface area contributed by atoms with Crippen molar-refractivity contribution in [3.63, 3.8) is 0 Å². The van der Waals surface area contributed by atoms with Crippen LogP contribution in [0.1, 0.15) is 34.7 Å². The normalized spacial score (nSPS) is 20.7. The van der Waals surface area contributed by atoms with Gasteiger partial charge in [0.15, 0.2) is 0 Å². The number of halogens is 1. The summed E-state index contributed by atoms with van der Waals surface area (Å²) in [6.45, 7) is 2.31. The highest BCUT2D eigenvalue weighted by Crippen LogP contribution is 2.41. The number of benzene rings is 2. The van der Waals surface area contributed by atoms with Gasteiger partial charge in [-0.1, -0.05) is 23.7 Å².